The van der Waals surface area contributed by atoms with Crippen molar-refractivity contribution in [3.63, 3.8) is 0 Å². The molecule has 1 aromatic carbocycles. The van der Waals surface area contributed by atoms with Gasteiger partial charge in [0.05, 0.1) is 13.2 Å². The lowest BCUT2D eigenvalue weighted by Gasteiger charge is -2.17. The minimum absolute atomic E-state index is 0. The molecule has 0 amide bonds. The number of guanidine groups is 1. The van der Waals surface area contributed by atoms with Gasteiger partial charge in [0.2, 0.25) is 0 Å². The summed E-state index contributed by atoms with van der Waals surface area (Å²) in [5, 5.41) is 10.3. The van der Waals surface area contributed by atoms with Crippen LogP contribution in [0.25, 0.3) is 0 Å². The highest BCUT2D eigenvalue weighted by Crippen LogP contribution is 2.32. The van der Waals surface area contributed by atoms with E-state index < -0.39 is 6.61 Å². The minimum atomic E-state index is -2.92. The number of nitrogens with one attached hydrogen (secondary N) is 2. The van der Waals surface area contributed by atoms with Crippen molar-refractivity contribution in [2.45, 2.75) is 33.5 Å². The van der Waals surface area contributed by atoms with Crippen LogP contribution >= 0.6 is 35.3 Å². The number of ether oxygens (including phenoxy) is 2. The van der Waals surface area contributed by atoms with Gasteiger partial charge in [0.25, 0.3) is 0 Å². The maximum absolute atomic E-state index is 12.8. The third-order valence-corrected chi connectivity index (χ3v) is 4.09. The monoisotopic (exact) mass is 511 g/mol. The molecule has 0 aliphatic heterocycles. The summed E-state index contributed by atoms with van der Waals surface area (Å²) in [7, 11) is 0. The Balaban J connectivity index is 0.00000364. The molecule has 1 heterocycles. The first-order valence-corrected chi connectivity index (χ1v) is 9.31. The zero-order valence-corrected chi connectivity index (χ0v) is 18.4. The molecule has 0 aliphatic carbocycles. The van der Waals surface area contributed by atoms with Crippen molar-refractivity contribution in [3.05, 3.63) is 46.2 Å². The molecule has 9 heteroatoms. The molecular formula is C18H24F2IN3O2S. The Bertz CT molecular complexity index is 700. The Morgan fingerprint density at radius 3 is 2.67 bits per heavy atom. The van der Waals surface area contributed by atoms with Crippen LogP contribution in [0.4, 0.5) is 8.78 Å². The maximum Gasteiger partial charge on any atom is 0.387 e. The molecule has 0 saturated carbocycles. The number of alkyl halides is 2. The van der Waals surface area contributed by atoms with Gasteiger partial charge in [-0.2, -0.15) is 20.1 Å². The lowest BCUT2D eigenvalue weighted by Crippen LogP contribution is -2.36. The van der Waals surface area contributed by atoms with Gasteiger partial charge in [-0.1, -0.05) is 12.1 Å². The third kappa shape index (κ3) is 7.87. The van der Waals surface area contributed by atoms with E-state index in [-0.39, 0.29) is 36.3 Å². The summed E-state index contributed by atoms with van der Waals surface area (Å²) < 4.78 is 35.7. The number of rotatable bonds is 9. The topological polar surface area (TPSA) is 54.9 Å². The zero-order chi connectivity index (χ0) is 18.8. The van der Waals surface area contributed by atoms with Gasteiger partial charge < -0.3 is 20.1 Å². The van der Waals surface area contributed by atoms with Gasteiger partial charge in [-0.15, -0.1) is 24.0 Å². The fraction of sp³-hybridized carbons (Fsp3) is 0.389. The molecule has 0 atom stereocenters. The molecule has 0 fully saturated rings. The van der Waals surface area contributed by atoms with Crippen LogP contribution in [-0.4, -0.2) is 25.7 Å². The second-order valence-electron chi connectivity index (χ2n) is 5.24. The standard InChI is InChI=1S/C18H23F2N3O2S.HI/c1-3-21-18(22-10-13-8-9-26-12-13)23-11-14-6-5-7-15(24-4-2)16(14)25-17(19)20;/h5-9,12,17H,3-4,10-11H2,1-2H3,(H2,21,22,23);1H. The van der Waals surface area contributed by atoms with Crippen LogP contribution in [0.2, 0.25) is 0 Å². The number of para-hydroxylation sites is 1. The largest absolute Gasteiger partial charge is 0.490 e. The summed E-state index contributed by atoms with van der Waals surface area (Å²) in [5.74, 6) is 0.946. The molecule has 150 valence electrons. The van der Waals surface area contributed by atoms with Crippen LogP contribution in [0.1, 0.15) is 25.0 Å². The molecular weight excluding hydrogens is 487 g/mol. The predicted molar refractivity (Wildman–Crippen MR) is 116 cm³/mol. The SMILES string of the molecule is CCNC(=NCc1ccsc1)NCc1cccc(OCC)c1OC(F)F.I. The van der Waals surface area contributed by atoms with Crippen molar-refractivity contribution < 1.29 is 18.3 Å². The number of hydrogen-bond acceptors (Lipinski definition) is 4. The lowest BCUT2D eigenvalue weighted by molar-refractivity contribution is -0.0520. The molecule has 0 bridgehead atoms. The molecule has 0 saturated heterocycles. The van der Waals surface area contributed by atoms with E-state index in [4.69, 9.17) is 4.74 Å². The summed E-state index contributed by atoms with van der Waals surface area (Å²) in [5.41, 5.74) is 1.68. The molecule has 0 spiro atoms. The van der Waals surface area contributed by atoms with E-state index in [1.54, 1.807) is 36.5 Å². The molecule has 5 nitrogen and oxygen atoms in total. The van der Waals surface area contributed by atoms with Crippen molar-refractivity contribution in [2.24, 2.45) is 4.99 Å². The van der Waals surface area contributed by atoms with Gasteiger partial charge in [0.1, 0.15) is 0 Å². The lowest BCUT2D eigenvalue weighted by atomic mass is 10.2. The van der Waals surface area contributed by atoms with Crippen LogP contribution in [0.5, 0.6) is 11.5 Å². The van der Waals surface area contributed by atoms with Crippen molar-refractivity contribution in [1.29, 1.82) is 0 Å². The van der Waals surface area contributed by atoms with E-state index in [1.807, 2.05) is 23.8 Å². The highest BCUT2D eigenvalue weighted by Gasteiger charge is 2.16. The first kappa shape index (κ1) is 23.4. The van der Waals surface area contributed by atoms with E-state index in [1.165, 1.54) is 0 Å². The second-order valence-corrected chi connectivity index (χ2v) is 6.02. The normalized spacial score (nSPS) is 11.1. The van der Waals surface area contributed by atoms with Gasteiger partial charge in [-0.3, -0.25) is 0 Å². The Kier molecular flexibility index (Phi) is 11.0. The average molecular weight is 511 g/mol. The number of benzene rings is 1. The first-order valence-electron chi connectivity index (χ1n) is 8.36. The predicted octanol–water partition coefficient (Wildman–Crippen LogP) is 4.62. The van der Waals surface area contributed by atoms with Crippen molar-refractivity contribution in [1.82, 2.24) is 10.6 Å². The van der Waals surface area contributed by atoms with E-state index in [0.717, 1.165) is 5.56 Å². The fourth-order valence-corrected chi connectivity index (χ4v) is 2.93. The summed E-state index contributed by atoms with van der Waals surface area (Å²) in [6.07, 6.45) is 0. The number of nitrogens with zero attached hydrogens (tertiary/aromatic N) is 1. The van der Waals surface area contributed by atoms with Crippen molar-refractivity contribution in [2.75, 3.05) is 13.2 Å². The average Bonchev–Trinajstić information content (AvgIpc) is 3.13. The first-order chi connectivity index (χ1) is 12.6. The summed E-state index contributed by atoms with van der Waals surface area (Å²) in [6, 6.07) is 7.09. The van der Waals surface area contributed by atoms with Crippen molar-refractivity contribution in [3.8, 4) is 11.5 Å². The smallest absolute Gasteiger partial charge is 0.387 e. The summed E-state index contributed by atoms with van der Waals surface area (Å²) >= 11 is 1.62. The number of aliphatic imine (C=N–C) groups is 1. The Morgan fingerprint density at radius 2 is 2.04 bits per heavy atom. The molecule has 2 N–H and O–H groups in total. The van der Waals surface area contributed by atoms with E-state index >= 15 is 0 Å². The Morgan fingerprint density at radius 1 is 1.22 bits per heavy atom. The van der Waals surface area contributed by atoms with Crippen LogP contribution in [0.3, 0.4) is 0 Å². The highest BCUT2D eigenvalue weighted by atomic mass is 127. The molecule has 2 aromatic rings. The molecule has 1 aromatic heterocycles. The van der Waals surface area contributed by atoms with Crippen LogP contribution < -0.4 is 20.1 Å². The fourth-order valence-electron chi connectivity index (χ4n) is 2.27. The summed E-state index contributed by atoms with van der Waals surface area (Å²) in [6.45, 7) is 2.70. The van der Waals surface area contributed by atoms with Gasteiger partial charge in [0.15, 0.2) is 17.5 Å². The van der Waals surface area contributed by atoms with Crippen LogP contribution in [-0.2, 0) is 13.1 Å². The molecule has 0 radical (unpaired) electrons. The maximum atomic E-state index is 12.8. The van der Waals surface area contributed by atoms with Crippen LogP contribution in [0.15, 0.2) is 40.0 Å². The molecule has 0 aliphatic rings. The van der Waals surface area contributed by atoms with E-state index in [0.29, 0.717) is 37.0 Å². The number of hydrogen-bond donors (Lipinski definition) is 2. The molecule has 27 heavy (non-hydrogen) atoms. The van der Waals surface area contributed by atoms with Gasteiger partial charge in [-0.05, 0) is 42.3 Å². The van der Waals surface area contributed by atoms with Gasteiger partial charge in [0, 0.05) is 18.7 Å². The number of thiophene rings is 1. The second kappa shape index (κ2) is 12.7. The zero-order valence-electron chi connectivity index (χ0n) is 15.2. The van der Waals surface area contributed by atoms with Gasteiger partial charge >= 0.3 is 6.61 Å². The Hall–Kier alpha value is -1.62. The number of halogens is 3. The molecule has 2 rings (SSSR count). The van der Waals surface area contributed by atoms with Crippen LogP contribution in [0, 0.1) is 0 Å². The molecule has 0 unspecified atom stereocenters. The highest BCUT2D eigenvalue weighted by molar-refractivity contribution is 14.0. The minimum Gasteiger partial charge on any atom is -0.490 e. The Labute approximate surface area is 179 Å². The van der Waals surface area contributed by atoms with E-state index in [2.05, 4.69) is 20.4 Å². The summed E-state index contributed by atoms with van der Waals surface area (Å²) in [4.78, 5) is 4.50. The third-order valence-electron chi connectivity index (χ3n) is 3.36. The van der Waals surface area contributed by atoms with E-state index in [9.17, 15) is 8.78 Å². The van der Waals surface area contributed by atoms with Crippen molar-refractivity contribution >= 4 is 41.3 Å². The quantitative estimate of drug-likeness (QED) is 0.293. The van der Waals surface area contributed by atoms with Gasteiger partial charge in [-0.25, -0.2) is 4.99 Å².